The lowest BCUT2D eigenvalue weighted by Crippen LogP contribution is -2.02. The van der Waals surface area contributed by atoms with Gasteiger partial charge in [0.15, 0.2) is 9.84 Å². The molecule has 0 aromatic heterocycles. The fourth-order valence-electron chi connectivity index (χ4n) is 1.97. The van der Waals surface area contributed by atoms with Crippen molar-refractivity contribution in [2.24, 2.45) is 0 Å². The molecular weight excluding hydrogens is 277 g/mol. The number of anilines is 1. The third-order valence-corrected chi connectivity index (χ3v) is 4.12. The van der Waals surface area contributed by atoms with E-state index in [9.17, 15) is 12.8 Å². The van der Waals surface area contributed by atoms with Gasteiger partial charge < -0.3 is 5.32 Å². The van der Waals surface area contributed by atoms with Crippen molar-refractivity contribution in [1.29, 1.82) is 0 Å². The van der Waals surface area contributed by atoms with Crippen LogP contribution in [0.5, 0.6) is 0 Å². The fraction of sp³-hybridized carbons (Fsp3) is 0.200. The van der Waals surface area contributed by atoms with Gasteiger partial charge in [0.2, 0.25) is 0 Å². The Morgan fingerprint density at radius 2 is 1.85 bits per heavy atom. The summed E-state index contributed by atoms with van der Waals surface area (Å²) in [5, 5.41) is 3.01. The van der Waals surface area contributed by atoms with Crippen molar-refractivity contribution >= 4 is 15.5 Å². The first kappa shape index (κ1) is 14.5. The van der Waals surface area contributed by atoms with Gasteiger partial charge in [-0.05, 0) is 35.4 Å². The van der Waals surface area contributed by atoms with Gasteiger partial charge in [-0.2, -0.15) is 0 Å². The smallest absolute Gasteiger partial charge is 0.176 e. The summed E-state index contributed by atoms with van der Waals surface area (Å²) >= 11 is 0. The number of hydrogen-bond donors (Lipinski definition) is 1. The van der Waals surface area contributed by atoms with Gasteiger partial charge in [-0.25, -0.2) is 12.8 Å². The molecule has 0 saturated heterocycles. The van der Waals surface area contributed by atoms with E-state index in [1.54, 1.807) is 12.1 Å². The van der Waals surface area contributed by atoms with Crippen molar-refractivity contribution in [3.63, 3.8) is 0 Å². The average Bonchev–Trinajstić information content (AvgIpc) is 2.45. The second-order valence-corrected chi connectivity index (χ2v) is 6.43. The van der Waals surface area contributed by atoms with Crippen molar-refractivity contribution in [1.82, 2.24) is 0 Å². The van der Waals surface area contributed by atoms with Crippen LogP contribution >= 0.6 is 0 Å². The van der Waals surface area contributed by atoms with Crippen LogP contribution in [-0.2, 0) is 16.5 Å². The molecule has 0 unspecified atom stereocenters. The highest BCUT2D eigenvalue weighted by atomic mass is 32.2. The number of alkyl halides is 1. The SMILES string of the molecule is CNc1ccc(-c2c[c]c(S(C)(=O)=O)c(CF)c2)cc1. The van der Waals surface area contributed by atoms with Crippen molar-refractivity contribution < 1.29 is 12.8 Å². The van der Waals surface area contributed by atoms with Crippen molar-refractivity contribution in [2.75, 3.05) is 18.6 Å². The van der Waals surface area contributed by atoms with Crippen LogP contribution in [0, 0.1) is 6.07 Å². The second kappa shape index (κ2) is 5.63. The first-order valence-electron chi connectivity index (χ1n) is 6.04. The molecule has 1 radical (unpaired) electrons. The van der Waals surface area contributed by atoms with Crippen molar-refractivity contribution in [3.05, 3.63) is 48.0 Å². The Bertz CT molecular complexity index is 709. The Morgan fingerprint density at radius 1 is 1.20 bits per heavy atom. The van der Waals surface area contributed by atoms with Crippen LogP contribution in [0.2, 0.25) is 0 Å². The summed E-state index contributed by atoms with van der Waals surface area (Å²) in [7, 11) is -1.64. The summed E-state index contributed by atoms with van der Waals surface area (Å²) in [5.74, 6) is 0. The highest BCUT2D eigenvalue weighted by molar-refractivity contribution is 7.90. The van der Waals surface area contributed by atoms with Crippen LogP contribution in [0.1, 0.15) is 5.56 Å². The van der Waals surface area contributed by atoms with Gasteiger partial charge in [0, 0.05) is 30.6 Å². The predicted molar refractivity (Wildman–Crippen MR) is 78.2 cm³/mol. The summed E-state index contributed by atoms with van der Waals surface area (Å²) in [5.41, 5.74) is 2.74. The Balaban J connectivity index is 2.48. The molecule has 2 aromatic carbocycles. The van der Waals surface area contributed by atoms with Crippen molar-refractivity contribution in [2.45, 2.75) is 11.6 Å². The standard InChI is InChI=1S/C15H15FNO2S/c1-17-14-6-3-11(4-7-14)12-5-8-15(20(2,18)19)13(9-12)10-16/h3-7,9,17H,10H2,1-2H3. The maximum absolute atomic E-state index is 13.0. The largest absolute Gasteiger partial charge is 0.388 e. The van der Waals surface area contributed by atoms with Gasteiger partial charge in [0.05, 0.1) is 4.90 Å². The minimum atomic E-state index is -3.46. The molecule has 0 heterocycles. The molecule has 0 aliphatic rings. The Labute approximate surface area is 118 Å². The lowest BCUT2D eigenvalue weighted by atomic mass is 10.0. The summed E-state index contributed by atoms with van der Waals surface area (Å²) in [6.45, 7) is -0.832. The molecule has 0 spiro atoms. The Hall–Kier alpha value is -1.88. The van der Waals surface area contributed by atoms with E-state index >= 15 is 0 Å². The maximum atomic E-state index is 13.0. The number of sulfone groups is 1. The van der Waals surface area contributed by atoms with Crippen LogP contribution in [0.3, 0.4) is 0 Å². The fourth-order valence-corrected chi connectivity index (χ4v) is 2.83. The highest BCUT2D eigenvalue weighted by Gasteiger charge is 2.14. The quantitative estimate of drug-likeness (QED) is 0.942. The second-order valence-electron chi connectivity index (χ2n) is 4.48. The molecule has 0 atom stereocenters. The minimum absolute atomic E-state index is 0.0735. The molecule has 105 valence electrons. The van der Waals surface area contributed by atoms with Crippen LogP contribution in [0.4, 0.5) is 10.1 Å². The van der Waals surface area contributed by atoms with E-state index in [0.29, 0.717) is 0 Å². The summed E-state index contributed by atoms with van der Waals surface area (Å²) in [4.78, 5) is -0.0735. The van der Waals surface area contributed by atoms with E-state index in [4.69, 9.17) is 0 Å². The van der Waals surface area contributed by atoms with E-state index < -0.39 is 16.5 Å². The minimum Gasteiger partial charge on any atom is -0.388 e. The van der Waals surface area contributed by atoms with Crippen LogP contribution < -0.4 is 5.32 Å². The maximum Gasteiger partial charge on any atom is 0.176 e. The predicted octanol–water partition coefficient (Wildman–Crippen LogP) is 3.07. The molecular formula is C15H15FNO2S. The topological polar surface area (TPSA) is 46.2 Å². The van der Waals surface area contributed by atoms with E-state index in [-0.39, 0.29) is 10.5 Å². The molecule has 3 nitrogen and oxygen atoms in total. The third-order valence-electron chi connectivity index (χ3n) is 3.00. The number of nitrogens with one attached hydrogen (secondary N) is 1. The molecule has 0 aliphatic heterocycles. The van der Waals surface area contributed by atoms with Crippen LogP contribution in [-0.4, -0.2) is 21.7 Å². The Morgan fingerprint density at radius 3 is 2.35 bits per heavy atom. The summed E-state index contributed by atoms with van der Waals surface area (Å²) in [6.07, 6.45) is 1.05. The molecule has 20 heavy (non-hydrogen) atoms. The van der Waals surface area contributed by atoms with E-state index in [2.05, 4.69) is 11.4 Å². The average molecular weight is 292 g/mol. The molecule has 0 aliphatic carbocycles. The first-order chi connectivity index (χ1) is 9.45. The van der Waals surface area contributed by atoms with E-state index in [1.807, 2.05) is 31.3 Å². The molecule has 2 rings (SSSR count). The van der Waals surface area contributed by atoms with Gasteiger partial charge in [-0.1, -0.05) is 12.1 Å². The molecule has 5 heteroatoms. The van der Waals surface area contributed by atoms with E-state index in [1.165, 1.54) is 0 Å². The number of rotatable bonds is 4. The molecule has 0 saturated carbocycles. The van der Waals surface area contributed by atoms with Gasteiger partial charge in [0.25, 0.3) is 0 Å². The zero-order valence-corrected chi connectivity index (χ0v) is 12.1. The zero-order chi connectivity index (χ0) is 14.8. The Kier molecular flexibility index (Phi) is 4.09. The molecule has 0 bridgehead atoms. The number of benzene rings is 2. The highest BCUT2D eigenvalue weighted by Crippen LogP contribution is 2.26. The lowest BCUT2D eigenvalue weighted by molar-refractivity contribution is 0.478. The van der Waals surface area contributed by atoms with Gasteiger partial charge in [0.1, 0.15) is 6.67 Å². The first-order valence-corrected chi connectivity index (χ1v) is 7.93. The summed E-state index contributed by atoms with van der Waals surface area (Å²) in [6, 6.07) is 13.4. The molecule has 0 amide bonds. The molecule has 0 fully saturated rings. The van der Waals surface area contributed by atoms with Crippen LogP contribution in [0.15, 0.2) is 41.3 Å². The normalized spacial score (nSPS) is 11.3. The van der Waals surface area contributed by atoms with E-state index in [0.717, 1.165) is 23.1 Å². The molecule has 1 N–H and O–H groups in total. The third kappa shape index (κ3) is 2.99. The van der Waals surface area contributed by atoms with Gasteiger partial charge in [-0.15, -0.1) is 0 Å². The van der Waals surface area contributed by atoms with Crippen molar-refractivity contribution in [3.8, 4) is 11.1 Å². The molecule has 2 aromatic rings. The van der Waals surface area contributed by atoms with Gasteiger partial charge in [-0.3, -0.25) is 0 Å². The monoisotopic (exact) mass is 292 g/mol. The summed E-state index contributed by atoms with van der Waals surface area (Å²) < 4.78 is 36.1. The number of halogens is 1. The number of hydrogen-bond acceptors (Lipinski definition) is 3. The lowest BCUT2D eigenvalue weighted by Gasteiger charge is -2.08. The van der Waals surface area contributed by atoms with Gasteiger partial charge >= 0.3 is 0 Å². The zero-order valence-electron chi connectivity index (χ0n) is 11.3. The van der Waals surface area contributed by atoms with Crippen LogP contribution in [0.25, 0.3) is 11.1 Å².